The predicted molar refractivity (Wildman–Crippen MR) is 92.3 cm³/mol. The van der Waals surface area contributed by atoms with Crippen LogP contribution >= 0.6 is 7.82 Å². The lowest BCUT2D eigenvalue weighted by Crippen LogP contribution is -2.35. The largest absolute Gasteiger partial charge is 0.472 e. The van der Waals surface area contributed by atoms with Crippen LogP contribution in [0.15, 0.2) is 12.7 Å². The molecule has 0 spiro atoms. The van der Waals surface area contributed by atoms with Crippen LogP contribution < -0.4 is 5.73 Å². The fraction of sp³-hybridized carbons (Fsp3) is 0.643. The molecule has 5 N–H and O–H groups in total. The Morgan fingerprint density at radius 2 is 2.19 bits per heavy atom. The van der Waals surface area contributed by atoms with Gasteiger partial charge in [-0.15, -0.1) is 0 Å². The summed E-state index contributed by atoms with van der Waals surface area (Å²) in [6.45, 7) is 1.39. The minimum absolute atomic E-state index is 0.0313. The third-order valence-corrected chi connectivity index (χ3v) is 5.18. The molecule has 13 heteroatoms. The van der Waals surface area contributed by atoms with Crippen molar-refractivity contribution in [2.75, 3.05) is 18.9 Å². The molecule has 3 rings (SSSR count). The second kappa shape index (κ2) is 8.15. The molecule has 0 saturated carbocycles. The van der Waals surface area contributed by atoms with Gasteiger partial charge in [-0.25, -0.2) is 19.5 Å². The molecule has 0 aliphatic carbocycles. The van der Waals surface area contributed by atoms with Gasteiger partial charge < -0.3 is 25.6 Å². The van der Waals surface area contributed by atoms with Gasteiger partial charge in [0.15, 0.2) is 17.7 Å². The van der Waals surface area contributed by atoms with Gasteiger partial charge in [0.2, 0.25) is 0 Å². The maximum Gasteiger partial charge on any atom is 0.472 e. The predicted octanol–water partition coefficient (Wildman–Crippen LogP) is -0.0386. The van der Waals surface area contributed by atoms with E-state index in [0.717, 1.165) is 6.42 Å². The highest BCUT2D eigenvalue weighted by Crippen LogP contribution is 2.48. The zero-order valence-corrected chi connectivity index (χ0v) is 15.5. The minimum atomic E-state index is -4.44. The molecule has 0 amide bonds. The maximum atomic E-state index is 12.1. The van der Waals surface area contributed by atoms with Gasteiger partial charge in [-0.3, -0.25) is 13.6 Å². The first-order valence-corrected chi connectivity index (χ1v) is 9.90. The van der Waals surface area contributed by atoms with Crippen molar-refractivity contribution in [1.82, 2.24) is 19.5 Å². The Kier molecular flexibility index (Phi) is 6.06. The van der Waals surface area contributed by atoms with E-state index in [0.29, 0.717) is 17.6 Å². The Morgan fingerprint density at radius 1 is 1.41 bits per heavy atom. The normalized spacial score (nSPS) is 27.9. The molecule has 150 valence electrons. The van der Waals surface area contributed by atoms with Gasteiger partial charge in [-0.05, 0) is 6.42 Å². The van der Waals surface area contributed by atoms with E-state index in [1.165, 1.54) is 17.2 Å². The van der Waals surface area contributed by atoms with E-state index in [2.05, 4.69) is 15.0 Å². The molecule has 27 heavy (non-hydrogen) atoms. The number of hydrogen-bond donors (Lipinski definition) is 4. The second-order valence-electron chi connectivity index (χ2n) is 6.05. The van der Waals surface area contributed by atoms with Crippen LogP contribution in [0.3, 0.4) is 0 Å². The van der Waals surface area contributed by atoms with Crippen LogP contribution in [0.5, 0.6) is 0 Å². The number of imidazole rings is 1. The van der Waals surface area contributed by atoms with Crippen LogP contribution in [-0.2, 0) is 18.3 Å². The molecule has 12 nitrogen and oxygen atoms in total. The number of anilines is 1. The lowest BCUT2D eigenvalue weighted by molar-refractivity contribution is -0.0511. The van der Waals surface area contributed by atoms with E-state index >= 15 is 0 Å². The number of nitrogens with two attached hydrogens (primary N) is 1. The number of fused-ring (bicyclic) bond motifs is 1. The van der Waals surface area contributed by atoms with Gasteiger partial charge in [0.25, 0.3) is 0 Å². The van der Waals surface area contributed by atoms with Gasteiger partial charge in [-0.1, -0.05) is 13.3 Å². The molecule has 1 aliphatic rings. The summed E-state index contributed by atoms with van der Waals surface area (Å²) in [5.41, 5.74) is 6.36. The number of unbranched alkanes of at least 4 members (excludes halogenated alkanes) is 1. The summed E-state index contributed by atoms with van der Waals surface area (Å²) < 4.78 is 29.1. The molecule has 2 aromatic rings. The van der Waals surface area contributed by atoms with Gasteiger partial charge in [0, 0.05) is 0 Å². The van der Waals surface area contributed by atoms with Gasteiger partial charge in [-0.2, -0.15) is 0 Å². The molecule has 0 aromatic carbocycles. The first kappa shape index (κ1) is 20.1. The number of ether oxygens (including phenoxy) is 1. The fourth-order valence-corrected chi connectivity index (χ4v) is 3.78. The molecular weight excluding hydrogens is 381 g/mol. The van der Waals surface area contributed by atoms with Crippen molar-refractivity contribution in [3.05, 3.63) is 12.7 Å². The fourth-order valence-electron chi connectivity index (χ4n) is 2.79. The molecule has 0 radical (unpaired) electrons. The van der Waals surface area contributed by atoms with E-state index in [9.17, 15) is 19.7 Å². The monoisotopic (exact) mass is 403 g/mol. The van der Waals surface area contributed by atoms with Crippen LogP contribution in [0.2, 0.25) is 0 Å². The number of phosphoric ester groups is 1. The number of phosphoric acid groups is 1. The summed E-state index contributed by atoms with van der Waals surface area (Å²) >= 11 is 0. The van der Waals surface area contributed by atoms with Crippen molar-refractivity contribution >= 4 is 24.8 Å². The molecule has 2 aromatic heterocycles. The lowest BCUT2D eigenvalue weighted by Gasteiger charge is -2.22. The van der Waals surface area contributed by atoms with E-state index in [-0.39, 0.29) is 12.4 Å². The Bertz CT molecular complexity index is 833. The number of aliphatic hydroxyl groups excluding tert-OH is 2. The van der Waals surface area contributed by atoms with Gasteiger partial charge in [0.05, 0.1) is 19.5 Å². The van der Waals surface area contributed by atoms with Crippen LogP contribution in [0.1, 0.15) is 26.0 Å². The Morgan fingerprint density at radius 3 is 2.89 bits per heavy atom. The Hall–Kier alpha value is -1.66. The molecule has 1 unspecified atom stereocenters. The van der Waals surface area contributed by atoms with Crippen LogP contribution in [0, 0.1) is 0 Å². The van der Waals surface area contributed by atoms with Crippen LogP contribution in [0.25, 0.3) is 11.2 Å². The van der Waals surface area contributed by atoms with Gasteiger partial charge >= 0.3 is 7.82 Å². The van der Waals surface area contributed by atoms with Crippen molar-refractivity contribution < 1.29 is 33.5 Å². The van der Waals surface area contributed by atoms with Crippen molar-refractivity contribution in [3.63, 3.8) is 0 Å². The standard InChI is InChI=1S/C14H22N5O7P/c1-2-3-4-24-27(22,23)26-11-8(5-20)25-14(10(11)21)19-7-18-9-12(15)16-6-17-13(9)19/h6-8,10-11,14,20-21H,2-5H2,1H3,(H,22,23)(H2,15,16,17)/t8-,10-,11-,14-/m1/s1. The summed E-state index contributed by atoms with van der Waals surface area (Å²) in [6.07, 6.45) is -0.894. The highest BCUT2D eigenvalue weighted by Gasteiger charge is 2.49. The first-order chi connectivity index (χ1) is 12.9. The van der Waals surface area contributed by atoms with Crippen molar-refractivity contribution in [1.29, 1.82) is 0 Å². The van der Waals surface area contributed by atoms with E-state index in [1.54, 1.807) is 0 Å². The van der Waals surface area contributed by atoms with E-state index in [1.807, 2.05) is 6.92 Å². The van der Waals surface area contributed by atoms with E-state index in [4.69, 9.17) is 19.5 Å². The smallest absolute Gasteiger partial charge is 0.394 e. The number of aliphatic hydroxyl groups is 2. The topological polar surface area (TPSA) is 175 Å². The summed E-state index contributed by atoms with van der Waals surface area (Å²) in [7, 11) is -4.44. The number of rotatable bonds is 8. The van der Waals surface area contributed by atoms with Crippen molar-refractivity contribution in [3.8, 4) is 0 Å². The molecule has 1 fully saturated rings. The average Bonchev–Trinajstić information content (AvgIpc) is 3.18. The van der Waals surface area contributed by atoms with Crippen LogP contribution in [0.4, 0.5) is 5.82 Å². The summed E-state index contributed by atoms with van der Waals surface area (Å²) in [5, 5.41) is 20.2. The van der Waals surface area contributed by atoms with Gasteiger partial charge in [0.1, 0.15) is 30.2 Å². The maximum absolute atomic E-state index is 12.1. The zero-order valence-electron chi connectivity index (χ0n) is 14.6. The highest BCUT2D eigenvalue weighted by atomic mass is 31.2. The molecule has 0 bridgehead atoms. The summed E-state index contributed by atoms with van der Waals surface area (Å²) in [5.74, 6) is 0.155. The molecular formula is C14H22N5O7P. The third kappa shape index (κ3) is 4.11. The van der Waals surface area contributed by atoms with Crippen LogP contribution in [-0.4, -0.2) is 66.2 Å². The number of hydrogen-bond acceptors (Lipinski definition) is 10. The lowest BCUT2D eigenvalue weighted by atomic mass is 10.1. The Labute approximate surface area is 154 Å². The number of nitrogen functional groups attached to an aromatic ring is 1. The zero-order chi connectivity index (χ0) is 19.6. The molecule has 5 atom stereocenters. The molecule has 3 heterocycles. The van der Waals surface area contributed by atoms with E-state index < -0.39 is 39.0 Å². The van der Waals surface area contributed by atoms with Crippen molar-refractivity contribution in [2.24, 2.45) is 0 Å². The third-order valence-electron chi connectivity index (χ3n) is 4.16. The number of aromatic nitrogens is 4. The first-order valence-electron chi connectivity index (χ1n) is 8.41. The summed E-state index contributed by atoms with van der Waals surface area (Å²) in [6, 6.07) is 0. The highest BCUT2D eigenvalue weighted by molar-refractivity contribution is 7.47. The number of nitrogens with zero attached hydrogens (tertiary/aromatic N) is 4. The molecule has 1 saturated heterocycles. The minimum Gasteiger partial charge on any atom is -0.394 e. The quantitative estimate of drug-likeness (QED) is 0.344. The average molecular weight is 403 g/mol. The SMILES string of the molecule is CCCCOP(=O)(O)O[C@H]1[C@@H](O)[C@H](n2cnc3c(N)ncnc32)O[C@@H]1CO. The summed E-state index contributed by atoms with van der Waals surface area (Å²) in [4.78, 5) is 21.9. The molecule has 1 aliphatic heterocycles. The Balaban J connectivity index is 1.81. The van der Waals surface area contributed by atoms with Crippen molar-refractivity contribution in [2.45, 2.75) is 44.3 Å². The second-order valence-corrected chi connectivity index (χ2v) is 7.45.